The molecule has 0 saturated carbocycles. The number of benzene rings is 2. The molecule has 2 aromatic rings. The first-order chi connectivity index (χ1) is 13.6. The van der Waals surface area contributed by atoms with Gasteiger partial charge in [-0.3, -0.25) is 4.79 Å². The van der Waals surface area contributed by atoms with E-state index in [-0.39, 0.29) is 5.91 Å². The Morgan fingerprint density at radius 1 is 1.00 bits per heavy atom. The van der Waals surface area contributed by atoms with Gasteiger partial charge in [0.2, 0.25) is 5.75 Å². The number of hydrogen-bond donors (Lipinski definition) is 0. The van der Waals surface area contributed by atoms with Gasteiger partial charge in [0.05, 0.1) is 21.3 Å². The van der Waals surface area contributed by atoms with E-state index in [1.807, 2.05) is 17.0 Å². The summed E-state index contributed by atoms with van der Waals surface area (Å²) < 4.78 is 16.1. The molecular weight excluding hydrogens is 378 g/mol. The minimum Gasteiger partial charge on any atom is -0.493 e. The Kier molecular flexibility index (Phi) is 6.68. The molecule has 1 fully saturated rings. The van der Waals surface area contributed by atoms with Crippen LogP contribution in [-0.2, 0) is 0 Å². The van der Waals surface area contributed by atoms with Crippen LogP contribution in [-0.4, -0.2) is 45.2 Å². The quantitative estimate of drug-likeness (QED) is 0.721. The summed E-state index contributed by atoms with van der Waals surface area (Å²) in [6.07, 6.45) is 3.13. The van der Waals surface area contributed by atoms with Gasteiger partial charge < -0.3 is 19.1 Å². The van der Waals surface area contributed by atoms with Crippen molar-refractivity contribution in [3.63, 3.8) is 0 Å². The third kappa shape index (κ3) is 4.36. The van der Waals surface area contributed by atoms with Gasteiger partial charge in [-0.2, -0.15) is 0 Å². The van der Waals surface area contributed by atoms with Crippen LogP contribution in [0, 0.1) is 0 Å². The molecule has 1 saturated heterocycles. The summed E-state index contributed by atoms with van der Waals surface area (Å²) in [6.45, 7) is 1.41. The summed E-state index contributed by atoms with van der Waals surface area (Å²) in [7, 11) is 4.65. The Balaban J connectivity index is 1.87. The number of halogens is 1. The Labute approximate surface area is 171 Å². The fourth-order valence-electron chi connectivity index (χ4n) is 3.72. The van der Waals surface area contributed by atoms with Gasteiger partial charge in [-0.1, -0.05) is 30.2 Å². The van der Waals surface area contributed by atoms with Crippen LogP contribution >= 0.6 is 11.6 Å². The third-order valence-corrected chi connectivity index (χ3v) is 5.46. The van der Waals surface area contributed by atoms with Gasteiger partial charge in [0.25, 0.3) is 5.91 Å². The third-order valence-electron chi connectivity index (χ3n) is 5.21. The summed E-state index contributed by atoms with van der Waals surface area (Å²) >= 11 is 6.03. The largest absolute Gasteiger partial charge is 0.493 e. The number of ether oxygens (including phenoxy) is 3. The van der Waals surface area contributed by atoms with E-state index in [2.05, 4.69) is 12.1 Å². The summed E-state index contributed by atoms with van der Waals surface area (Å²) in [6, 6.07) is 11.4. The molecule has 1 atom stereocenters. The van der Waals surface area contributed by atoms with Crippen LogP contribution in [0.4, 0.5) is 0 Å². The second-order valence-corrected chi connectivity index (χ2v) is 7.35. The average molecular weight is 404 g/mol. The summed E-state index contributed by atoms with van der Waals surface area (Å²) in [4.78, 5) is 15.2. The Morgan fingerprint density at radius 2 is 1.64 bits per heavy atom. The number of carbonyl (C=O) groups excluding carboxylic acids is 1. The van der Waals surface area contributed by atoms with Crippen LogP contribution in [0.5, 0.6) is 17.2 Å². The van der Waals surface area contributed by atoms with Crippen molar-refractivity contribution >= 4 is 17.5 Å². The second kappa shape index (κ2) is 9.20. The molecule has 1 aliphatic heterocycles. The predicted molar refractivity (Wildman–Crippen MR) is 110 cm³/mol. The van der Waals surface area contributed by atoms with E-state index in [0.29, 0.717) is 35.3 Å². The number of carbonyl (C=O) groups is 1. The lowest BCUT2D eigenvalue weighted by atomic mass is 9.94. The standard InChI is InChI=1S/C22H26ClNO4/c1-26-19-12-17(13-20(27-2)21(19)28-3)22(25)24-11-5-4-6-16(14-24)15-7-9-18(23)10-8-15/h7-10,12-13,16H,4-6,11,14H2,1-3H3/t16-/m1/s1. The highest BCUT2D eigenvalue weighted by atomic mass is 35.5. The lowest BCUT2D eigenvalue weighted by Crippen LogP contribution is -2.34. The van der Waals surface area contributed by atoms with Crippen molar-refractivity contribution in [3.8, 4) is 17.2 Å². The Bertz CT molecular complexity index is 797. The number of rotatable bonds is 5. The van der Waals surface area contributed by atoms with Crippen LogP contribution in [0.3, 0.4) is 0 Å². The van der Waals surface area contributed by atoms with E-state index in [1.54, 1.807) is 33.5 Å². The maximum Gasteiger partial charge on any atom is 0.254 e. The molecule has 1 amide bonds. The highest BCUT2D eigenvalue weighted by molar-refractivity contribution is 6.30. The first-order valence-corrected chi connectivity index (χ1v) is 9.80. The van der Waals surface area contributed by atoms with Crippen LogP contribution < -0.4 is 14.2 Å². The van der Waals surface area contributed by atoms with Crippen molar-refractivity contribution in [2.24, 2.45) is 0 Å². The molecule has 6 heteroatoms. The number of amides is 1. The van der Waals surface area contributed by atoms with Gasteiger partial charge in [0.15, 0.2) is 11.5 Å². The first-order valence-electron chi connectivity index (χ1n) is 9.42. The molecule has 1 heterocycles. The van der Waals surface area contributed by atoms with E-state index < -0.39 is 0 Å². The lowest BCUT2D eigenvalue weighted by molar-refractivity contribution is 0.0753. The molecule has 3 rings (SSSR count). The lowest BCUT2D eigenvalue weighted by Gasteiger charge is -2.25. The van der Waals surface area contributed by atoms with Crippen molar-refractivity contribution < 1.29 is 19.0 Å². The second-order valence-electron chi connectivity index (χ2n) is 6.91. The molecule has 0 bridgehead atoms. The zero-order chi connectivity index (χ0) is 20.1. The smallest absolute Gasteiger partial charge is 0.254 e. The van der Waals surface area contributed by atoms with Gasteiger partial charge in [0, 0.05) is 29.6 Å². The molecule has 0 aliphatic carbocycles. The molecule has 28 heavy (non-hydrogen) atoms. The van der Waals surface area contributed by atoms with E-state index in [9.17, 15) is 4.79 Å². The Morgan fingerprint density at radius 3 is 2.21 bits per heavy atom. The zero-order valence-electron chi connectivity index (χ0n) is 16.5. The average Bonchev–Trinajstić information content (AvgIpc) is 2.99. The van der Waals surface area contributed by atoms with Crippen LogP contribution in [0.2, 0.25) is 5.02 Å². The SMILES string of the molecule is COc1cc(C(=O)N2CCCC[C@@H](c3ccc(Cl)cc3)C2)cc(OC)c1OC. The van der Waals surface area contributed by atoms with E-state index in [4.69, 9.17) is 25.8 Å². The van der Waals surface area contributed by atoms with Gasteiger partial charge in [-0.15, -0.1) is 0 Å². The van der Waals surface area contributed by atoms with E-state index in [1.165, 1.54) is 5.56 Å². The minimum atomic E-state index is -0.0277. The number of methoxy groups -OCH3 is 3. The number of nitrogens with zero attached hydrogens (tertiary/aromatic N) is 1. The minimum absolute atomic E-state index is 0.0277. The molecule has 0 spiro atoms. The molecule has 1 aliphatic rings. The fraction of sp³-hybridized carbons (Fsp3) is 0.409. The molecule has 0 N–H and O–H groups in total. The molecule has 150 valence electrons. The Hall–Kier alpha value is -2.40. The van der Waals surface area contributed by atoms with E-state index >= 15 is 0 Å². The van der Waals surface area contributed by atoms with Gasteiger partial charge in [-0.05, 0) is 42.7 Å². The van der Waals surface area contributed by atoms with Crippen molar-refractivity contribution in [1.82, 2.24) is 4.90 Å². The van der Waals surface area contributed by atoms with Crippen molar-refractivity contribution in [2.45, 2.75) is 25.2 Å². The van der Waals surface area contributed by atoms with Crippen LogP contribution in [0.1, 0.15) is 41.1 Å². The van der Waals surface area contributed by atoms with Crippen LogP contribution in [0.25, 0.3) is 0 Å². The number of hydrogen-bond acceptors (Lipinski definition) is 4. The van der Waals surface area contributed by atoms with Gasteiger partial charge in [0.1, 0.15) is 0 Å². The van der Waals surface area contributed by atoms with Crippen molar-refractivity contribution in [3.05, 3.63) is 52.5 Å². The van der Waals surface area contributed by atoms with Crippen molar-refractivity contribution in [2.75, 3.05) is 34.4 Å². The van der Waals surface area contributed by atoms with Gasteiger partial charge in [-0.25, -0.2) is 0 Å². The summed E-state index contributed by atoms with van der Waals surface area (Å²) in [5, 5.41) is 0.725. The predicted octanol–water partition coefficient (Wildman–Crippen LogP) is 4.78. The zero-order valence-corrected chi connectivity index (χ0v) is 17.3. The summed E-state index contributed by atoms with van der Waals surface area (Å²) in [5.74, 6) is 1.71. The molecular formula is C22H26ClNO4. The highest BCUT2D eigenvalue weighted by Crippen LogP contribution is 2.39. The number of likely N-dealkylation sites (tertiary alicyclic amines) is 1. The molecule has 0 radical (unpaired) electrons. The van der Waals surface area contributed by atoms with Crippen molar-refractivity contribution in [1.29, 1.82) is 0 Å². The van der Waals surface area contributed by atoms with Gasteiger partial charge >= 0.3 is 0 Å². The monoisotopic (exact) mass is 403 g/mol. The maximum atomic E-state index is 13.3. The summed E-state index contributed by atoms with van der Waals surface area (Å²) in [5.41, 5.74) is 1.75. The highest BCUT2D eigenvalue weighted by Gasteiger charge is 2.26. The fourth-order valence-corrected chi connectivity index (χ4v) is 3.85. The van der Waals surface area contributed by atoms with Crippen LogP contribution in [0.15, 0.2) is 36.4 Å². The molecule has 0 unspecified atom stereocenters. The molecule has 2 aromatic carbocycles. The molecule has 0 aromatic heterocycles. The molecule has 5 nitrogen and oxygen atoms in total. The first kappa shape index (κ1) is 20.3. The maximum absolute atomic E-state index is 13.3. The topological polar surface area (TPSA) is 48.0 Å². The van der Waals surface area contributed by atoms with E-state index in [0.717, 1.165) is 30.8 Å². The normalized spacial score (nSPS) is 17.0.